The summed E-state index contributed by atoms with van der Waals surface area (Å²) in [7, 11) is 0. The SMILES string of the molecule is O=C([O-])[C@H]1Cc2[nH]cnc2[C@@H](c2ccccc2)N1C(=S)Nc1ccc(Cl)cc1. The van der Waals surface area contributed by atoms with E-state index in [0.29, 0.717) is 10.7 Å². The molecule has 2 heterocycles. The number of halogens is 1. The molecule has 2 N–H and O–H groups in total. The lowest BCUT2D eigenvalue weighted by Crippen LogP contribution is -2.56. The van der Waals surface area contributed by atoms with E-state index in [1.165, 1.54) is 0 Å². The number of aromatic nitrogens is 2. The van der Waals surface area contributed by atoms with E-state index >= 15 is 0 Å². The minimum Gasteiger partial charge on any atom is -0.548 e. The van der Waals surface area contributed by atoms with E-state index in [-0.39, 0.29) is 11.5 Å². The Kier molecular flexibility index (Phi) is 5.02. The summed E-state index contributed by atoms with van der Waals surface area (Å²) in [5.41, 5.74) is 3.13. The zero-order chi connectivity index (χ0) is 19.7. The van der Waals surface area contributed by atoms with Crippen molar-refractivity contribution in [2.75, 3.05) is 5.32 Å². The number of carboxylic acid groups (broad SMARTS) is 1. The average Bonchev–Trinajstić information content (AvgIpc) is 3.17. The molecule has 4 rings (SSSR count). The molecule has 142 valence electrons. The summed E-state index contributed by atoms with van der Waals surface area (Å²) in [6, 6.07) is 15.2. The van der Waals surface area contributed by atoms with E-state index in [4.69, 9.17) is 23.8 Å². The van der Waals surface area contributed by atoms with Gasteiger partial charge in [-0.05, 0) is 42.0 Å². The number of hydrogen-bond donors (Lipinski definition) is 2. The molecule has 8 heteroatoms. The molecule has 0 spiro atoms. The predicted molar refractivity (Wildman–Crippen MR) is 109 cm³/mol. The molecule has 2 atom stereocenters. The van der Waals surface area contributed by atoms with Crippen LogP contribution in [0.5, 0.6) is 0 Å². The van der Waals surface area contributed by atoms with E-state index in [2.05, 4.69) is 15.3 Å². The summed E-state index contributed by atoms with van der Waals surface area (Å²) in [5, 5.41) is 16.0. The molecule has 28 heavy (non-hydrogen) atoms. The maximum Gasteiger partial charge on any atom is 0.174 e. The van der Waals surface area contributed by atoms with Crippen molar-refractivity contribution in [2.24, 2.45) is 0 Å². The normalized spacial score (nSPS) is 18.4. The Bertz CT molecular complexity index is 1010. The lowest BCUT2D eigenvalue weighted by atomic mass is 9.91. The number of carbonyl (C=O) groups excluding carboxylic acids is 1. The number of aromatic amines is 1. The van der Waals surface area contributed by atoms with Crippen LogP contribution in [-0.4, -0.2) is 32.0 Å². The van der Waals surface area contributed by atoms with Crippen LogP contribution in [0.25, 0.3) is 0 Å². The highest BCUT2D eigenvalue weighted by atomic mass is 35.5. The maximum absolute atomic E-state index is 12.0. The summed E-state index contributed by atoms with van der Waals surface area (Å²) in [6.07, 6.45) is 1.80. The Morgan fingerprint density at radius 1 is 1.21 bits per heavy atom. The Balaban J connectivity index is 1.76. The zero-order valence-corrected chi connectivity index (χ0v) is 16.2. The number of hydrogen-bond acceptors (Lipinski definition) is 4. The van der Waals surface area contributed by atoms with Gasteiger partial charge in [0.15, 0.2) is 5.11 Å². The molecular weight excluding hydrogens is 396 g/mol. The molecule has 0 fully saturated rings. The van der Waals surface area contributed by atoms with Gasteiger partial charge in [0.05, 0.1) is 24.0 Å². The molecule has 6 nitrogen and oxygen atoms in total. The van der Waals surface area contributed by atoms with Crippen molar-refractivity contribution in [1.29, 1.82) is 0 Å². The van der Waals surface area contributed by atoms with Gasteiger partial charge in [0, 0.05) is 22.8 Å². The Labute approximate surface area is 172 Å². The van der Waals surface area contributed by atoms with Gasteiger partial charge in [0.25, 0.3) is 0 Å². The van der Waals surface area contributed by atoms with Crippen LogP contribution in [0.15, 0.2) is 60.9 Å². The Morgan fingerprint density at radius 3 is 2.61 bits per heavy atom. The van der Waals surface area contributed by atoms with Crippen LogP contribution in [0, 0.1) is 0 Å². The first-order chi connectivity index (χ1) is 13.5. The number of anilines is 1. The second kappa shape index (κ2) is 7.61. The molecule has 3 aromatic rings. The standard InChI is InChI=1S/C20H17ClN4O2S/c21-13-6-8-14(9-7-13)24-20(28)25-16(19(26)27)10-15-17(23-11-22-15)18(25)12-4-2-1-3-5-12/h1-9,11,16,18H,10H2,(H,22,23)(H,24,28)(H,26,27)/p-1/t16-,18-/m1/s1. The van der Waals surface area contributed by atoms with Crippen molar-refractivity contribution < 1.29 is 9.90 Å². The number of nitrogens with zero attached hydrogens (tertiary/aromatic N) is 2. The molecule has 0 bridgehead atoms. The molecule has 1 aromatic heterocycles. The Morgan fingerprint density at radius 2 is 1.93 bits per heavy atom. The number of nitrogens with one attached hydrogen (secondary N) is 2. The fourth-order valence-electron chi connectivity index (χ4n) is 3.46. The van der Waals surface area contributed by atoms with Crippen molar-refractivity contribution in [1.82, 2.24) is 14.9 Å². The second-order valence-electron chi connectivity index (χ2n) is 6.46. The van der Waals surface area contributed by atoms with E-state index in [0.717, 1.165) is 17.0 Å². The summed E-state index contributed by atoms with van der Waals surface area (Å²) in [5.74, 6) is -1.19. The number of H-pyrrole nitrogens is 1. The molecule has 0 radical (unpaired) electrons. The number of carboxylic acids is 1. The summed E-state index contributed by atoms with van der Waals surface area (Å²) >= 11 is 11.6. The lowest BCUT2D eigenvalue weighted by Gasteiger charge is -2.43. The van der Waals surface area contributed by atoms with Crippen molar-refractivity contribution in [3.8, 4) is 0 Å². The summed E-state index contributed by atoms with van der Waals surface area (Å²) < 4.78 is 0. The van der Waals surface area contributed by atoms with Gasteiger partial charge in [0.2, 0.25) is 0 Å². The number of imidazole rings is 1. The quantitative estimate of drug-likeness (QED) is 0.644. The first-order valence-corrected chi connectivity index (χ1v) is 9.46. The monoisotopic (exact) mass is 411 g/mol. The largest absolute Gasteiger partial charge is 0.548 e. The molecule has 2 aromatic carbocycles. The van der Waals surface area contributed by atoms with Crippen LogP contribution in [0.4, 0.5) is 5.69 Å². The minimum absolute atomic E-state index is 0.226. The highest BCUT2D eigenvalue weighted by Crippen LogP contribution is 2.36. The van der Waals surface area contributed by atoms with Crippen LogP contribution < -0.4 is 10.4 Å². The molecule has 0 aliphatic carbocycles. The molecule has 0 unspecified atom stereocenters. The molecular formula is C20H16ClN4O2S-. The number of rotatable bonds is 3. The molecule has 0 saturated heterocycles. The fourth-order valence-corrected chi connectivity index (χ4v) is 3.94. The van der Waals surface area contributed by atoms with Crippen LogP contribution >= 0.6 is 23.8 Å². The molecule has 0 saturated carbocycles. The summed E-state index contributed by atoms with van der Waals surface area (Å²) in [4.78, 5) is 21.1. The lowest BCUT2D eigenvalue weighted by molar-refractivity contribution is -0.311. The average molecular weight is 412 g/mol. The van der Waals surface area contributed by atoms with Gasteiger partial charge in [0.1, 0.15) is 6.04 Å². The predicted octanol–water partition coefficient (Wildman–Crippen LogP) is 2.53. The number of benzene rings is 2. The molecule has 1 aliphatic heterocycles. The van der Waals surface area contributed by atoms with Crippen molar-refractivity contribution >= 4 is 40.6 Å². The topological polar surface area (TPSA) is 84.1 Å². The second-order valence-corrected chi connectivity index (χ2v) is 7.29. The Hall–Kier alpha value is -2.90. The number of thiocarbonyl (C=S) groups is 1. The van der Waals surface area contributed by atoms with Gasteiger partial charge < -0.3 is 25.1 Å². The van der Waals surface area contributed by atoms with Crippen LogP contribution in [0.2, 0.25) is 5.02 Å². The van der Waals surface area contributed by atoms with Gasteiger partial charge in [-0.3, -0.25) is 0 Å². The zero-order valence-electron chi connectivity index (χ0n) is 14.6. The van der Waals surface area contributed by atoms with E-state index in [9.17, 15) is 9.90 Å². The molecule has 0 amide bonds. The van der Waals surface area contributed by atoms with Crippen LogP contribution in [-0.2, 0) is 11.2 Å². The maximum atomic E-state index is 12.0. The third-order valence-corrected chi connectivity index (χ3v) is 5.30. The number of aliphatic carboxylic acids is 1. The van der Waals surface area contributed by atoms with Gasteiger partial charge in [-0.2, -0.15) is 0 Å². The smallest absolute Gasteiger partial charge is 0.174 e. The highest BCUT2D eigenvalue weighted by molar-refractivity contribution is 7.80. The van der Waals surface area contributed by atoms with Crippen LogP contribution in [0.3, 0.4) is 0 Å². The third-order valence-electron chi connectivity index (χ3n) is 4.74. The minimum atomic E-state index is -1.19. The van der Waals surface area contributed by atoms with Gasteiger partial charge in [-0.1, -0.05) is 41.9 Å². The summed E-state index contributed by atoms with van der Waals surface area (Å²) in [6.45, 7) is 0. The van der Waals surface area contributed by atoms with Crippen molar-refractivity contribution in [3.05, 3.63) is 82.9 Å². The van der Waals surface area contributed by atoms with Gasteiger partial charge >= 0.3 is 0 Å². The molecule has 1 aliphatic rings. The van der Waals surface area contributed by atoms with Crippen molar-refractivity contribution in [3.63, 3.8) is 0 Å². The third kappa shape index (κ3) is 3.46. The number of carbonyl (C=O) groups is 1. The van der Waals surface area contributed by atoms with Gasteiger partial charge in [-0.25, -0.2) is 4.98 Å². The highest BCUT2D eigenvalue weighted by Gasteiger charge is 2.39. The fraction of sp³-hybridized carbons (Fsp3) is 0.150. The van der Waals surface area contributed by atoms with E-state index in [1.54, 1.807) is 35.5 Å². The van der Waals surface area contributed by atoms with Gasteiger partial charge in [-0.15, -0.1) is 0 Å². The number of fused-ring (bicyclic) bond motifs is 1. The van der Waals surface area contributed by atoms with E-state index < -0.39 is 18.1 Å². The first kappa shape index (κ1) is 18.5. The van der Waals surface area contributed by atoms with Crippen LogP contribution in [0.1, 0.15) is 23.0 Å². The van der Waals surface area contributed by atoms with Crippen molar-refractivity contribution in [2.45, 2.75) is 18.5 Å². The van der Waals surface area contributed by atoms with E-state index in [1.807, 2.05) is 30.3 Å². The first-order valence-electron chi connectivity index (χ1n) is 8.67.